The maximum Gasteiger partial charge on any atom is 0.306 e. The molecule has 0 bridgehead atoms. The lowest BCUT2D eigenvalue weighted by atomic mass is 9.46. The van der Waals surface area contributed by atoms with E-state index < -0.39 is 39.6 Å². The van der Waals surface area contributed by atoms with Crippen molar-refractivity contribution in [1.82, 2.24) is 4.98 Å². The van der Waals surface area contributed by atoms with Crippen LogP contribution in [0.2, 0.25) is 0 Å². The van der Waals surface area contributed by atoms with E-state index >= 15 is 0 Å². The summed E-state index contributed by atoms with van der Waals surface area (Å²) in [7, 11) is 1.73. The number of aliphatic hydroxyl groups excluding tert-OH is 1. The van der Waals surface area contributed by atoms with Crippen molar-refractivity contribution in [1.29, 1.82) is 0 Å². The van der Waals surface area contributed by atoms with Crippen molar-refractivity contribution in [2.45, 2.75) is 71.5 Å². The topological polar surface area (TPSA) is 101 Å². The number of rotatable bonds is 6. The Morgan fingerprint density at radius 3 is 2.73 bits per heavy atom. The van der Waals surface area contributed by atoms with Gasteiger partial charge in [-0.3, -0.25) is 14.6 Å². The quantitative estimate of drug-likeness (QED) is 0.183. The van der Waals surface area contributed by atoms with Crippen LogP contribution in [-0.2, 0) is 14.3 Å². The van der Waals surface area contributed by atoms with Crippen molar-refractivity contribution >= 4 is 35.6 Å². The van der Waals surface area contributed by atoms with E-state index in [1.165, 1.54) is 12.3 Å². The van der Waals surface area contributed by atoms with Crippen LogP contribution in [0, 0.1) is 34.5 Å². The third-order valence-corrected chi connectivity index (χ3v) is 10.5. The van der Waals surface area contributed by atoms with E-state index in [9.17, 15) is 19.1 Å². The van der Waals surface area contributed by atoms with Gasteiger partial charge in [0.05, 0.1) is 18.0 Å². The summed E-state index contributed by atoms with van der Waals surface area (Å²) in [6, 6.07) is 2.96. The van der Waals surface area contributed by atoms with Gasteiger partial charge in [-0.05, 0) is 73.8 Å². The highest BCUT2D eigenvalue weighted by Gasteiger charge is 2.70. The van der Waals surface area contributed by atoms with Crippen molar-refractivity contribution < 1.29 is 23.8 Å². The molecule has 1 aromatic heterocycles. The monoisotopic (exact) mass is 567 g/mol. The van der Waals surface area contributed by atoms with Gasteiger partial charge in [0.2, 0.25) is 11.1 Å². The molecule has 0 saturated heterocycles. The number of esters is 1. The van der Waals surface area contributed by atoms with Gasteiger partial charge in [-0.25, -0.2) is 4.98 Å². The van der Waals surface area contributed by atoms with Crippen LogP contribution in [0.5, 0.6) is 0 Å². The number of thiol groups is 1. The zero-order chi connectivity index (χ0) is 29.0. The summed E-state index contributed by atoms with van der Waals surface area (Å²) in [6.45, 7) is 8.01. The molecule has 2 N–H and O–H groups in total. The minimum atomic E-state index is -1.36. The third kappa shape index (κ3) is 4.28. The van der Waals surface area contributed by atoms with E-state index in [1.807, 2.05) is 13.1 Å². The number of allylic oxidation sites excluding steroid dienone is 5. The SMILES string of the molecule is CCC(=O)O[C@]1(C(=O)S)CCC2[C@@H]3C=C(C)C4=CC(Nc5ccc(F)nc5)=C(C=NC)C[C@]4(C)C3[C@@H](O)C[C@@]21C. The Morgan fingerprint density at radius 2 is 2.10 bits per heavy atom. The van der Waals surface area contributed by atoms with Gasteiger partial charge in [0, 0.05) is 42.1 Å². The average molecular weight is 568 g/mol. The smallest absolute Gasteiger partial charge is 0.306 e. The van der Waals surface area contributed by atoms with Crippen LogP contribution < -0.4 is 5.32 Å². The Hall–Kier alpha value is -2.78. The standard InChI is InChI=1S/C31H38FN3O4S/c1-6-26(37)39-31(28(38)40)10-9-21-20-11-17(2)22-12-23(35-19-7-8-25(32)34-16-19)18(15-33-5)13-29(22,3)27(20)24(36)14-30(21,31)4/h7-8,11-12,15-16,20-21,24,27,35-36H,6,9-10,13-14H2,1-5H3,(H,38,40)/t20-,21?,24-,27?,29-,30-,31-/m0/s1. The number of hydrogen-bond donors (Lipinski definition) is 3. The number of aromatic nitrogens is 1. The molecule has 2 fully saturated rings. The highest BCUT2D eigenvalue weighted by atomic mass is 32.1. The number of carbonyl (C=O) groups is 2. The van der Waals surface area contributed by atoms with Crippen LogP contribution in [0.4, 0.5) is 10.1 Å². The highest BCUT2D eigenvalue weighted by Crippen LogP contribution is 2.68. The molecule has 0 spiro atoms. The van der Waals surface area contributed by atoms with E-state index in [-0.39, 0.29) is 24.2 Å². The molecule has 2 saturated carbocycles. The molecule has 4 aliphatic rings. The number of nitrogens with one attached hydrogen (secondary N) is 1. The average Bonchev–Trinajstić information content (AvgIpc) is 3.18. The fourth-order valence-corrected chi connectivity index (χ4v) is 8.80. The first-order valence-electron chi connectivity index (χ1n) is 14.0. The molecular formula is C31H38FN3O4S. The van der Waals surface area contributed by atoms with Crippen LogP contribution in [0.25, 0.3) is 0 Å². The Bertz CT molecular complexity index is 1350. The predicted octanol–water partition coefficient (Wildman–Crippen LogP) is 5.45. The van der Waals surface area contributed by atoms with Crippen LogP contribution in [0.1, 0.15) is 59.8 Å². The number of pyridine rings is 1. The molecule has 1 heterocycles. The molecular weight excluding hydrogens is 529 g/mol. The van der Waals surface area contributed by atoms with Crippen molar-refractivity contribution in [3.05, 3.63) is 58.8 Å². The number of ether oxygens (including phenoxy) is 1. The number of nitrogens with zero attached hydrogens (tertiary/aromatic N) is 2. The summed E-state index contributed by atoms with van der Waals surface area (Å²) in [5.41, 5.74) is 2.26. The van der Waals surface area contributed by atoms with Gasteiger partial charge >= 0.3 is 5.97 Å². The lowest BCUT2D eigenvalue weighted by molar-refractivity contribution is -0.191. The van der Waals surface area contributed by atoms with Gasteiger partial charge < -0.3 is 15.2 Å². The van der Waals surface area contributed by atoms with Crippen molar-refractivity contribution in [2.24, 2.45) is 33.6 Å². The Labute approximate surface area is 240 Å². The zero-order valence-electron chi connectivity index (χ0n) is 23.7. The minimum absolute atomic E-state index is 0.0126. The number of hydrogen-bond acceptors (Lipinski definition) is 7. The molecule has 5 rings (SSSR count). The predicted molar refractivity (Wildman–Crippen MR) is 155 cm³/mol. The van der Waals surface area contributed by atoms with Gasteiger partial charge in [0.15, 0.2) is 5.60 Å². The second-order valence-corrected chi connectivity index (χ2v) is 12.6. The summed E-state index contributed by atoms with van der Waals surface area (Å²) >= 11 is 4.24. The first-order chi connectivity index (χ1) is 18.9. The minimum Gasteiger partial charge on any atom is -0.449 e. The molecule has 4 aliphatic carbocycles. The fraction of sp³-hybridized carbons (Fsp3) is 0.548. The fourth-order valence-electron chi connectivity index (χ4n) is 8.38. The molecule has 7 atom stereocenters. The second kappa shape index (κ2) is 10.2. The summed E-state index contributed by atoms with van der Waals surface area (Å²) in [5, 5.41) is 14.9. The van der Waals surface area contributed by atoms with Gasteiger partial charge in [-0.2, -0.15) is 4.39 Å². The van der Waals surface area contributed by atoms with E-state index in [1.54, 1.807) is 20.0 Å². The third-order valence-electron chi connectivity index (χ3n) is 10.1. The first-order valence-corrected chi connectivity index (χ1v) is 14.4. The summed E-state index contributed by atoms with van der Waals surface area (Å²) in [6.07, 6.45) is 9.18. The number of aliphatic hydroxyl groups is 1. The van der Waals surface area contributed by atoms with E-state index in [0.29, 0.717) is 31.4 Å². The Balaban J connectivity index is 1.57. The molecule has 0 aromatic carbocycles. The molecule has 7 nitrogen and oxygen atoms in total. The van der Waals surface area contributed by atoms with Gasteiger partial charge in [0.25, 0.3) is 0 Å². The van der Waals surface area contributed by atoms with Gasteiger partial charge in [-0.15, -0.1) is 12.6 Å². The van der Waals surface area contributed by atoms with Crippen LogP contribution in [-0.4, -0.2) is 46.1 Å². The normalized spacial score (nSPS) is 36.8. The first kappa shape index (κ1) is 28.7. The zero-order valence-corrected chi connectivity index (χ0v) is 24.6. The molecule has 0 amide bonds. The van der Waals surface area contributed by atoms with Crippen LogP contribution in [0.15, 0.2) is 57.9 Å². The maximum absolute atomic E-state index is 13.4. The second-order valence-electron chi connectivity index (χ2n) is 12.2. The highest BCUT2D eigenvalue weighted by molar-refractivity contribution is 7.96. The van der Waals surface area contributed by atoms with E-state index in [2.05, 4.69) is 53.9 Å². The van der Waals surface area contributed by atoms with E-state index in [0.717, 1.165) is 22.4 Å². The lowest BCUT2D eigenvalue weighted by Crippen LogP contribution is -2.61. The number of halogens is 1. The summed E-state index contributed by atoms with van der Waals surface area (Å²) in [4.78, 5) is 33.6. The largest absolute Gasteiger partial charge is 0.449 e. The molecule has 0 aliphatic heterocycles. The van der Waals surface area contributed by atoms with Crippen molar-refractivity contribution in [3.8, 4) is 0 Å². The maximum atomic E-state index is 13.4. The lowest BCUT2D eigenvalue weighted by Gasteiger charge is -2.59. The number of anilines is 1. The van der Waals surface area contributed by atoms with Gasteiger partial charge in [0.1, 0.15) is 0 Å². The number of aliphatic imine (C=N–C) groups is 1. The molecule has 1 aromatic rings. The number of fused-ring (bicyclic) bond motifs is 5. The van der Waals surface area contributed by atoms with Crippen LogP contribution >= 0.6 is 12.6 Å². The Morgan fingerprint density at radius 1 is 1.35 bits per heavy atom. The number of carbonyl (C=O) groups excluding carboxylic acids is 2. The van der Waals surface area contributed by atoms with Gasteiger partial charge in [-0.1, -0.05) is 32.4 Å². The molecule has 9 heteroatoms. The summed E-state index contributed by atoms with van der Waals surface area (Å²) in [5.74, 6) is -1.05. The molecule has 40 heavy (non-hydrogen) atoms. The Kier molecular flexibility index (Phi) is 7.36. The molecule has 2 unspecified atom stereocenters. The van der Waals surface area contributed by atoms with Crippen LogP contribution in [0.3, 0.4) is 0 Å². The van der Waals surface area contributed by atoms with Crippen molar-refractivity contribution in [3.63, 3.8) is 0 Å². The van der Waals surface area contributed by atoms with Crippen molar-refractivity contribution in [2.75, 3.05) is 12.4 Å². The van der Waals surface area contributed by atoms with E-state index in [4.69, 9.17) is 4.74 Å². The summed E-state index contributed by atoms with van der Waals surface area (Å²) < 4.78 is 19.3. The molecule has 214 valence electrons. The molecule has 0 radical (unpaired) electrons.